The molecule has 0 unspecified atom stereocenters. The summed E-state index contributed by atoms with van der Waals surface area (Å²) >= 11 is 0. The van der Waals surface area contributed by atoms with E-state index in [0.717, 1.165) is 18.5 Å². The fraction of sp³-hybridized carbons (Fsp3) is 0.357. The Balaban J connectivity index is 2.48. The van der Waals surface area contributed by atoms with Gasteiger partial charge in [-0.25, -0.2) is 4.98 Å². The molecular formula is C14H18N2. The number of rotatable bonds is 4. The lowest BCUT2D eigenvalue weighted by Crippen LogP contribution is -1.91. The maximum Gasteiger partial charge on any atom is 0.137 e. The third kappa shape index (κ3) is 2.01. The highest BCUT2D eigenvalue weighted by Crippen LogP contribution is 2.21. The summed E-state index contributed by atoms with van der Waals surface area (Å²) in [5.41, 5.74) is 3.67. The van der Waals surface area contributed by atoms with Crippen molar-refractivity contribution in [1.82, 2.24) is 9.38 Å². The second-order valence-corrected chi connectivity index (χ2v) is 3.96. The normalized spacial score (nSPS) is 12.2. The number of hydrogen-bond donors (Lipinski definition) is 0. The van der Waals surface area contributed by atoms with Crippen LogP contribution >= 0.6 is 0 Å². The molecule has 0 amide bonds. The Labute approximate surface area is 96.6 Å². The zero-order valence-electron chi connectivity index (χ0n) is 9.98. The van der Waals surface area contributed by atoms with Gasteiger partial charge in [-0.15, -0.1) is 0 Å². The molecule has 0 aliphatic carbocycles. The SMILES string of the molecule is CC/C=C(\CCC)c1cnc2ccccn12. The summed E-state index contributed by atoms with van der Waals surface area (Å²) in [6.45, 7) is 4.39. The quantitative estimate of drug-likeness (QED) is 0.753. The zero-order valence-corrected chi connectivity index (χ0v) is 9.98. The van der Waals surface area contributed by atoms with Crippen LogP contribution in [0.2, 0.25) is 0 Å². The molecule has 84 valence electrons. The summed E-state index contributed by atoms with van der Waals surface area (Å²) in [4.78, 5) is 4.43. The molecule has 0 aromatic carbocycles. The monoisotopic (exact) mass is 214 g/mol. The lowest BCUT2D eigenvalue weighted by atomic mass is 10.1. The number of imidazole rings is 1. The number of allylic oxidation sites excluding steroid dienone is 2. The van der Waals surface area contributed by atoms with Crippen molar-refractivity contribution >= 4 is 11.2 Å². The smallest absolute Gasteiger partial charge is 0.137 e. The largest absolute Gasteiger partial charge is 0.300 e. The number of fused-ring (bicyclic) bond motifs is 1. The maximum atomic E-state index is 4.43. The number of aromatic nitrogens is 2. The molecule has 2 aromatic heterocycles. The molecule has 2 rings (SSSR count). The van der Waals surface area contributed by atoms with Gasteiger partial charge < -0.3 is 4.40 Å². The van der Waals surface area contributed by atoms with Crippen LogP contribution in [0.25, 0.3) is 11.2 Å². The van der Waals surface area contributed by atoms with E-state index in [9.17, 15) is 0 Å². The van der Waals surface area contributed by atoms with Gasteiger partial charge in [0.2, 0.25) is 0 Å². The average Bonchev–Trinajstić information content (AvgIpc) is 2.72. The van der Waals surface area contributed by atoms with Gasteiger partial charge in [0.15, 0.2) is 0 Å². The van der Waals surface area contributed by atoms with E-state index in [1.165, 1.54) is 17.7 Å². The lowest BCUT2D eigenvalue weighted by Gasteiger charge is -2.05. The van der Waals surface area contributed by atoms with E-state index in [4.69, 9.17) is 0 Å². The molecule has 0 spiro atoms. The van der Waals surface area contributed by atoms with Crippen LogP contribution in [-0.2, 0) is 0 Å². The summed E-state index contributed by atoms with van der Waals surface area (Å²) in [6, 6.07) is 6.11. The van der Waals surface area contributed by atoms with Crippen molar-refractivity contribution in [3.8, 4) is 0 Å². The van der Waals surface area contributed by atoms with Crippen LogP contribution in [0.4, 0.5) is 0 Å². The van der Waals surface area contributed by atoms with Crippen molar-refractivity contribution < 1.29 is 0 Å². The number of hydrogen-bond acceptors (Lipinski definition) is 1. The minimum atomic E-state index is 1.02. The van der Waals surface area contributed by atoms with E-state index in [1.807, 2.05) is 24.4 Å². The Morgan fingerprint density at radius 1 is 1.38 bits per heavy atom. The van der Waals surface area contributed by atoms with E-state index in [1.54, 1.807) is 0 Å². The Morgan fingerprint density at radius 3 is 3.00 bits per heavy atom. The lowest BCUT2D eigenvalue weighted by molar-refractivity contribution is 0.954. The maximum absolute atomic E-state index is 4.43. The molecule has 0 saturated carbocycles. The number of nitrogens with zero attached hydrogens (tertiary/aromatic N) is 2. The molecule has 2 heteroatoms. The van der Waals surface area contributed by atoms with Crippen molar-refractivity contribution in [2.24, 2.45) is 0 Å². The fourth-order valence-corrected chi connectivity index (χ4v) is 2.02. The van der Waals surface area contributed by atoms with Crippen LogP contribution in [0, 0.1) is 0 Å². The summed E-state index contributed by atoms with van der Waals surface area (Å²) in [6.07, 6.45) is 9.74. The van der Waals surface area contributed by atoms with Gasteiger partial charge in [0.1, 0.15) is 5.65 Å². The first-order chi connectivity index (χ1) is 7.86. The third-order valence-electron chi connectivity index (χ3n) is 2.72. The number of pyridine rings is 1. The van der Waals surface area contributed by atoms with E-state index in [2.05, 4.69) is 35.5 Å². The highest BCUT2D eigenvalue weighted by Gasteiger charge is 2.06. The fourth-order valence-electron chi connectivity index (χ4n) is 2.02. The Morgan fingerprint density at radius 2 is 2.25 bits per heavy atom. The van der Waals surface area contributed by atoms with E-state index < -0.39 is 0 Å². The van der Waals surface area contributed by atoms with Gasteiger partial charge in [-0.3, -0.25) is 0 Å². The van der Waals surface area contributed by atoms with Gasteiger partial charge in [0.05, 0.1) is 11.9 Å². The van der Waals surface area contributed by atoms with Crippen molar-refractivity contribution in [2.75, 3.05) is 0 Å². The minimum absolute atomic E-state index is 1.02. The Bertz CT molecular complexity index is 494. The van der Waals surface area contributed by atoms with Crippen LogP contribution in [0.3, 0.4) is 0 Å². The standard InChI is InChI=1S/C14H18N2/c1-3-7-12(8-4-2)13-11-15-14-9-5-6-10-16(13)14/h5-7,9-11H,3-4,8H2,1-2H3/b12-7+. The molecule has 0 fully saturated rings. The van der Waals surface area contributed by atoms with Crippen molar-refractivity contribution in [2.45, 2.75) is 33.1 Å². The molecule has 0 bridgehead atoms. The topological polar surface area (TPSA) is 17.3 Å². The predicted molar refractivity (Wildman–Crippen MR) is 68.4 cm³/mol. The first-order valence-corrected chi connectivity index (χ1v) is 5.98. The molecule has 0 aliphatic rings. The van der Waals surface area contributed by atoms with Crippen LogP contribution < -0.4 is 0 Å². The van der Waals surface area contributed by atoms with Gasteiger partial charge in [-0.2, -0.15) is 0 Å². The van der Waals surface area contributed by atoms with Crippen molar-refractivity contribution in [3.05, 3.63) is 42.4 Å². The first-order valence-electron chi connectivity index (χ1n) is 5.98. The summed E-state index contributed by atoms with van der Waals surface area (Å²) in [7, 11) is 0. The summed E-state index contributed by atoms with van der Waals surface area (Å²) in [5, 5.41) is 0. The van der Waals surface area contributed by atoms with Crippen LogP contribution in [-0.4, -0.2) is 9.38 Å². The second-order valence-electron chi connectivity index (χ2n) is 3.96. The van der Waals surface area contributed by atoms with Gasteiger partial charge in [0.25, 0.3) is 0 Å². The van der Waals surface area contributed by atoms with Gasteiger partial charge in [0, 0.05) is 6.20 Å². The minimum Gasteiger partial charge on any atom is -0.300 e. The molecule has 2 aromatic rings. The second kappa shape index (κ2) is 4.97. The molecular weight excluding hydrogens is 196 g/mol. The molecule has 0 aliphatic heterocycles. The van der Waals surface area contributed by atoms with E-state index in [-0.39, 0.29) is 0 Å². The third-order valence-corrected chi connectivity index (χ3v) is 2.72. The van der Waals surface area contributed by atoms with Crippen LogP contribution in [0.5, 0.6) is 0 Å². The Kier molecular flexibility index (Phi) is 3.40. The zero-order chi connectivity index (χ0) is 11.4. The highest BCUT2D eigenvalue weighted by molar-refractivity contribution is 5.65. The summed E-state index contributed by atoms with van der Waals surface area (Å²) < 4.78 is 2.16. The predicted octanol–water partition coefficient (Wildman–Crippen LogP) is 3.93. The van der Waals surface area contributed by atoms with Gasteiger partial charge in [-0.05, 0) is 30.5 Å². The highest BCUT2D eigenvalue weighted by atomic mass is 15.0. The molecule has 16 heavy (non-hydrogen) atoms. The Hall–Kier alpha value is -1.57. The molecule has 0 radical (unpaired) electrons. The molecule has 2 heterocycles. The van der Waals surface area contributed by atoms with Gasteiger partial charge in [-0.1, -0.05) is 32.4 Å². The van der Waals surface area contributed by atoms with E-state index >= 15 is 0 Å². The summed E-state index contributed by atoms with van der Waals surface area (Å²) in [5.74, 6) is 0. The van der Waals surface area contributed by atoms with Crippen molar-refractivity contribution in [1.29, 1.82) is 0 Å². The average molecular weight is 214 g/mol. The molecule has 0 N–H and O–H groups in total. The molecule has 0 atom stereocenters. The molecule has 0 saturated heterocycles. The van der Waals surface area contributed by atoms with Crippen molar-refractivity contribution in [3.63, 3.8) is 0 Å². The van der Waals surface area contributed by atoms with Crippen LogP contribution in [0.15, 0.2) is 36.7 Å². The molecule has 2 nitrogen and oxygen atoms in total. The van der Waals surface area contributed by atoms with E-state index in [0.29, 0.717) is 0 Å². The first kappa shape index (κ1) is 10.9. The van der Waals surface area contributed by atoms with Crippen LogP contribution in [0.1, 0.15) is 38.8 Å². The van der Waals surface area contributed by atoms with Gasteiger partial charge >= 0.3 is 0 Å².